The highest BCUT2D eigenvalue weighted by molar-refractivity contribution is 6.01. The van der Waals surface area contributed by atoms with Crippen LogP contribution < -0.4 is 0 Å². The molecule has 4 aliphatic rings. The zero-order valence-electron chi connectivity index (χ0n) is 31.4. The molecule has 3 fully saturated rings. The number of phenols is 1. The number of hydrogen-bond acceptors (Lipinski definition) is 10. The average molecular weight is 725 g/mol. The van der Waals surface area contributed by atoms with Gasteiger partial charge in [-0.2, -0.15) is 10.2 Å². The van der Waals surface area contributed by atoms with E-state index in [1.54, 1.807) is 39.0 Å². The summed E-state index contributed by atoms with van der Waals surface area (Å²) in [5.74, 6) is -1.01. The predicted molar refractivity (Wildman–Crippen MR) is 199 cm³/mol. The van der Waals surface area contributed by atoms with Crippen LogP contribution in [0.2, 0.25) is 0 Å². The second-order valence-electron chi connectivity index (χ2n) is 17.0. The molecule has 0 spiro atoms. The van der Waals surface area contributed by atoms with Gasteiger partial charge in [-0.25, -0.2) is 4.79 Å². The second kappa shape index (κ2) is 14.5. The summed E-state index contributed by atoms with van der Waals surface area (Å²) in [6, 6.07) is 11.6. The number of allylic oxidation sites excluding steroid dienone is 4. The highest BCUT2D eigenvalue weighted by Crippen LogP contribution is 2.67. The van der Waals surface area contributed by atoms with Crippen molar-refractivity contribution in [2.75, 3.05) is 0 Å². The highest BCUT2D eigenvalue weighted by atomic mass is 16.6. The van der Waals surface area contributed by atoms with Crippen molar-refractivity contribution in [3.8, 4) is 5.75 Å². The Morgan fingerprint density at radius 1 is 1.00 bits per heavy atom. The lowest BCUT2D eigenvalue weighted by Gasteiger charge is -2.59. The molecule has 10 heteroatoms. The van der Waals surface area contributed by atoms with Gasteiger partial charge in [-0.15, -0.1) is 0 Å². The largest absolute Gasteiger partial charge is 0.507 e. The third-order valence-electron chi connectivity index (χ3n) is 12.5. The molecule has 3 saturated carbocycles. The van der Waals surface area contributed by atoms with E-state index in [0.29, 0.717) is 43.5 Å². The van der Waals surface area contributed by atoms with Crippen LogP contribution in [-0.4, -0.2) is 55.9 Å². The normalized spacial score (nSPS) is 30.7. The Bertz CT molecular complexity index is 1890. The molecule has 0 aliphatic heterocycles. The van der Waals surface area contributed by atoms with Crippen LogP contribution in [0.15, 0.2) is 76.5 Å². The number of nitrogens with zero attached hydrogens (tertiary/aromatic N) is 2. The summed E-state index contributed by atoms with van der Waals surface area (Å²) >= 11 is 0. The van der Waals surface area contributed by atoms with Crippen molar-refractivity contribution in [2.24, 2.45) is 38.8 Å². The summed E-state index contributed by atoms with van der Waals surface area (Å²) in [5, 5.41) is 42.5. The number of aliphatic hydroxyl groups is 2. The fourth-order valence-corrected chi connectivity index (χ4v) is 9.85. The number of benzene rings is 2. The first-order valence-corrected chi connectivity index (χ1v) is 18.9. The first-order valence-electron chi connectivity index (χ1n) is 18.9. The Kier molecular flexibility index (Phi) is 10.5. The number of carbonyl (C=O) groups is 4. The molecular formula is C43H52N2O8. The lowest BCUT2D eigenvalue weighted by Crippen LogP contribution is -2.61. The molecule has 0 bridgehead atoms. The summed E-state index contributed by atoms with van der Waals surface area (Å²) in [4.78, 5) is 51.5. The summed E-state index contributed by atoms with van der Waals surface area (Å²) in [6.07, 6.45) is 8.84. The van der Waals surface area contributed by atoms with Gasteiger partial charge in [0.25, 0.3) is 0 Å². The van der Waals surface area contributed by atoms with Crippen molar-refractivity contribution in [1.82, 2.24) is 0 Å². The van der Waals surface area contributed by atoms with Gasteiger partial charge in [0.2, 0.25) is 0 Å². The molecule has 4 aliphatic carbocycles. The molecule has 0 amide bonds. The molecule has 6 rings (SSSR count). The van der Waals surface area contributed by atoms with Gasteiger partial charge in [0.1, 0.15) is 28.3 Å². The molecule has 2 aromatic rings. The van der Waals surface area contributed by atoms with Gasteiger partial charge in [0, 0.05) is 36.0 Å². The molecule has 7 atom stereocenters. The van der Waals surface area contributed by atoms with E-state index in [0.717, 1.165) is 24.0 Å². The van der Waals surface area contributed by atoms with Crippen molar-refractivity contribution < 1.29 is 39.2 Å². The quantitative estimate of drug-likeness (QED) is 0.155. The summed E-state index contributed by atoms with van der Waals surface area (Å²) in [7, 11) is 0. The summed E-state index contributed by atoms with van der Waals surface area (Å²) < 4.78 is 5.38. The van der Waals surface area contributed by atoms with E-state index < -0.39 is 34.1 Å². The van der Waals surface area contributed by atoms with E-state index >= 15 is 0 Å². The zero-order valence-corrected chi connectivity index (χ0v) is 31.4. The Morgan fingerprint density at radius 2 is 1.75 bits per heavy atom. The Morgan fingerprint density at radius 3 is 2.51 bits per heavy atom. The van der Waals surface area contributed by atoms with E-state index in [1.165, 1.54) is 18.2 Å². The van der Waals surface area contributed by atoms with E-state index in [-0.39, 0.29) is 65.7 Å². The van der Waals surface area contributed by atoms with Crippen molar-refractivity contribution in [3.05, 3.63) is 77.4 Å². The minimum absolute atomic E-state index is 0.00170. The van der Waals surface area contributed by atoms with Crippen molar-refractivity contribution in [1.29, 1.82) is 0 Å². The van der Waals surface area contributed by atoms with E-state index in [9.17, 15) is 34.5 Å². The van der Waals surface area contributed by atoms with Gasteiger partial charge in [-0.1, -0.05) is 43.7 Å². The monoisotopic (exact) mass is 724 g/mol. The van der Waals surface area contributed by atoms with E-state index in [4.69, 9.17) is 4.74 Å². The van der Waals surface area contributed by atoms with Gasteiger partial charge < -0.3 is 20.1 Å². The molecule has 3 N–H and O–H groups in total. The smallest absolute Gasteiger partial charge is 0.342 e. The van der Waals surface area contributed by atoms with Crippen molar-refractivity contribution in [3.63, 3.8) is 0 Å². The number of esters is 1. The number of carbonyl (C=O) groups excluding carboxylic acids is 4. The number of aromatic hydroxyl groups is 1. The third-order valence-corrected chi connectivity index (χ3v) is 12.5. The maximum atomic E-state index is 13.8. The number of ether oxygens (including phenoxy) is 1. The van der Waals surface area contributed by atoms with Gasteiger partial charge in [0.05, 0.1) is 17.5 Å². The number of aryl methyl sites for hydroxylation is 1. The van der Waals surface area contributed by atoms with E-state index in [2.05, 4.69) is 17.2 Å². The molecule has 0 aromatic heterocycles. The van der Waals surface area contributed by atoms with Crippen LogP contribution in [0.5, 0.6) is 5.75 Å². The minimum atomic E-state index is -1.56. The highest BCUT2D eigenvalue weighted by Gasteiger charge is 2.67. The fourth-order valence-electron chi connectivity index (χ4n) is 9.85. The number of hydrogen-bond donors (Lipinski definition) is 3. The SMILES string of the molecule is CC(C)(C)OC(=O)c1cc(N=Nc2ccccc2CCC(=O)CCCC(=O)C2(O)CCC3C4CCC5=CC(=O)C=CC5(C)C4C(O)CC32C)ccc1O. The standard InChI is InChI=1S/C43H52N2O8/c1-40(2,3)53-39(51)32-24-28(15-18-35(32)48)44-45-34-11-7-6-9-26(34)13-16-29(46)10-8-12-37(50)43(52)22-20-33-31-17-14-27-23-30(47)19-21-41(27,4)38(31)36(49)25-42(33,43)5/h6-7,9,11,15,18-19,21,23-24,31,33,36,38,48-49,52H,8,10,12-14,16-17,20,22,25H2,1-5H3. The number of ketones is 3. The van der Waals surface area contributed by atoms with Gasteiger partial charge >= 0.3 is 5.97 Å². The lowest BCUT2D eigenvalue weighted by molar-refractivity contribution is -0.176. The third kappa shape index (κ3) is 7.45. The van der Waals surface area contributed by atoms with Crippen LogP contribution in [0, 0.1) is 28.6 Å². The van der Waals surface area contributed by atoms with Gasteiger partial charge in [-0.05, 0) is 120 Å². The molecule has 0 saturated heterocycles. The molecule has 7 unspecified atom stereocenters. The molecular weight excluding hydrogens is 672 g/mol. The van der Waals surface area contributed by atoms with Crippen molar-refractivity contribution >= 4 is 34.7 Å². The molecule has 0 heterocycles. The number of Topliss-reactive ketones (excluding diaryl/α,β-unsaturated/α-hetero) is 2. The Balaban J connectivity index is 1.03. The molecule has 2 aromatic carbocycles. The molecule has 10 nitrogen and oxygen atoms in total. The predicted octanol–water partition coefficient (Wildman–Crippen LogP) is 8.01. The fraction of sp³-hybridized carbons (Fsp3) is 0.535. The Labute approximate surface area is 311 Å². The lowest BCUT2D eigenvalue weighted by atomic mass is 9.46. The maximum absolute atomic E-state index is 13.8. The summed E-state index contributed by atoms with van der Waals surface area (Å²) in [5.41, 5.74) is -0.680. The average Bonchev–Trinajstić information content (AvgIpc) is 3.37. The zero-order chi connectivity index (χ0) is 38.3. The second-order valence-corrected chi connectivity index (χ2v) is 17.0. The van der Waals surface area contributed by atoms with Crippen LogP contribution in [0.3, 0.4) is 0 Å². The number of azo groups is 1. The first-order chi connectivity index (χ1) is 24.9. The number of fused-ring (bicyclic) bond motifs is 5. The maximum Gasteiger partial charge on any atom is 0.342 e. The van der Waals surface area contributed by atoms with Crippen molar-refractivity contribution in [2.45, 2.75) is 116 Å². The Hall–Kier alpha value is -4.28. The topological polar surface area (TPSA) is 163 Å². The van der Waals surface area contributed by atoms with Crippen LogP contribution in [-0.2, 0) is 25.5 Å². The summed E-state index contributed by atoms with van der Waals surface area (Å²) in [6.45, 7) is 9.30. The van der Waals surface area contributed by atoms with Crippen LogP contribution in [0.1, 0.15) is 108 Å². The van der Waals surface area contributed by atoms with E-state index in [1.807, 2.05) is 31.2 Å². The molecule has 53 heavy (non-hydrogen) atoms. The van der Waals surface area contributed by atoms with Crippen LogP contribution in [0.25, 0.3) is 0 Å². The number of phenolic OH excluding ortho intramolecular Hbond substituents is 1. The van der Waals surface area contributed by atoms with Crippen LogP contribution in [0.4, 0.5) is 11.4 Å². The van der Waals surface area contributed by atoms with Gasteiger partial charge in [0.15, 0.2) is 11.6 Å². The first kappa shape index (κ1) is 38.4. The number of aliphatic hydroxyl groups excluding tert-OH is 1. The molecule has 0 radical (unpaired) electrons. The van der Waals surface area contributed by atoms with Gasteiger partial charge in [-0.3, -0.25) is 14.4 Å². The number of rotatable bonds is 11. The van der Waals surface area contributed by atoms with Crippen LogP contribution >= 0.6 is 0 Å². The molecule has 282 valence electrons. The minimum Gasteiger partial charge on any atom is -0.507 e.